The zero-order chi connectivity index (χ0) is 18.4. The molecular formula is C20H15ClN2O3. The van der Waals surface area contributed by atoms with Crippen molar-refractivity contribution in [3.63, 3.8) is 0 Å². The molecule has 0 saturated carbocycles. The van der Waals surface area contributed by atoms with Crippen molar-refractivity contribution in [2.45, 2.75) is 6.61 Å². The van der Waals surface area contributed by atoms with Crippen molar-refractivity contribution in [1.29, 1.82) is 0 Å². The molecular weight excluding hydrogens is 352 g/mol. The predicted octanol–water partition coefficient (Wildman–Crippen LogP) is 4.71. The molecule has 3 aromatic rings. The zero-order valence-corrected chi connectivity index (χ0v) is 14.4. The topological polar surface area (TPSA) is 68.3 Å². The van der Waals surface area contributed by atoms with Crippen molar-refractivity contribution in [3.8, 4) is 0 Å². The SMILES string of the molecule is O=C(Nc1ncccc1C(=O)c1cccc(Cl)c1)OCc1ccccc1. The molecule has 1 N–H and O–H groups in total. The fourth-order valence-corrected chi connectivity index (χ4v) is 2.52. The van der Waals surface area contributed by atoms with Crippen LogP contribution >= 0.6 is 11.6 Å². The van der Waals surface area contributed by atoms with E-state index in [1.807, 2.05) is 30.3 Å². The lowest BCUT2D eigenvalue weighted by atomic mass is 10.0. The second-order valence-corrected chi connectivity index (χ2v) is 5.86. The van der Waals surface area contributed by atoms with Gasteiger partial charge in [0.2, 0.25) is 0 Å². The number of benzene rings is 2. The largest absolute Gasteiger partial charge is 0.444 e. The van der Waals surface area contributed by atoms with Gasteiger partial charge in [-0.1, -0.05) is 54.1 Å². The summed E-state index contributed by atoms with van der Waals surface area (Å²) in [5.74, 6) is -0.158. The number of pyridine rings is 1. The average molecular weight is 367 g/mol. The first-order valence-electron chi connectivity index (χ1n) is 7.86. The minimum Gasteiger partial charge on any atom is -0.444 e. The lowest BCUT2D eigenvalue weighted by Crippen LogP contribution is -2.17. The van der Waals surface area contributed by atoms with Crippen LogP contribution in [0.1, 0.15) is 21.5 Å². The Kier molecular flexibility index (Phi) is 5.61. The summed E-state index contributed by atoms with van der Waals surface area (Å²) < 4.78 is 5.17. The van der Waals surface area contributed by atoms with Crippen molar-refractivity contribution >= 4 is 29.3 Å². The number of carbonyl (C=O) groups is 2. The molecule has 0 bridgehead atoms. The first-order chi connectivity index (χ1) is 12.6. The molecule has 0 atom stereocenters. The van der Waals surface area contributed by atoms with E-state index in [4.69, 9.17) is 16.3 Å². The van der Waals surface area contributed by atoms with Crippen LogP contribution in [0.3, 0.4) is 0 Å². The van der Waals surface area contributed by atoms with E-state index in [2.05, 4.69) is 10.3 Å². The summed E-state index contributed by atoms with van der Waals surface area (Å²) in [6.45, 7) is 0.122. The molecule has 0 unspecified atom stereocenters. The summed E-state index contributed by atoms with van der Waals surface area (Å²) in [5.41, 5.74) is 1.52. The van der Waals surface area contributed by atoms with Gasteiger partial charge in [0, 0.05) is 16.8 Å². The van der Waals surface area contributed by atoms with E-state index in [9.17, 15) is 9.59 Å². The first-order valence-corrected chi connectivity index (χ1v) is 8.24. The van der Waals surface area contributed by atoms with E-state index in [1.54, 1.807) is 36.4 Å². The van der Waals surface area contributed by atoms with Crippen LogP contribution in [0.2, 0.25) is 5.02 Å². The Morgan fingerprint density at radius 2 is 1.81 bits per heavy atom. The van der Waals surface area contributed by atoms with Crippen LogP contribution in [0.15, 0.2) is 72.9 Å². The van der Waals surface area contributed by atoms with Gasteiger partial charge in [-0.25, -0.2) is 9.78 Å². The maximum Gasteiger partial charge on any atom is 0.413 e. The van der Waals surface area contributed by atoms with E-state index in [0.717, 1.165) is 5.56 Å². The Bertz CT molecular complexity index is 929. The average Bonchev–Trinajstić information content (AvgIpc) is 2.67. The summed E-state index contributed by atoms with van der Waals surface area (Å²) in [6, 6.07) is 19.1. The molecule has 2 aromatic carbocycles. The van der Waals surface area contributed by atoms with Gasteiger partial charge in [0.25, 0.3) is 0 Å². The Balaban J connectivity index is 1.72. The molecule has 1 amide bonds. The second kappa shape index (κ2) is 8.27. The highest BCUT2D eigenvalue weighted by Crippen LogP contribution is 2.19. The van der Waals surface area contributed by atoms with Crippen LogP contribution in [-0.4, -0.2) is 16.9 Å². The lowest BCUT2D eigenvalue weighted by Gasteiger charge is -2.10. The number of anilines is 1. The summed E-state index contributed by atoms with van der Waals surface area (Å²) in [4.78, 5) is 28.8. The standard InChI is InChI=1S/C20H15ClN2O3/c21-16-9-4-8-15(12-16)18(24)17-10-5-11-22-19(17)23-20(25)26-13-14-6-2-1-3-7-14/h1-12H,13H2,(H,22,23,25). The highest BCUT2D eigenvalue weighted by molar-refractivity contribution is 6.31. The summed E-state index contributed by atoms with van der Waals surface area (Å²) >= 11 is 5.94. The number of amides is 1. The van der Waals surface area contributed by atoms with Crippen molar-refractivity contribution in [2.24, 2.45) is 0 Å². The molecule has 1 heterocycles. The normalized spacial score (nSPS) is 10.2. The number of hydrogen-bond donors (Lipinski definition) is 1. The number of carbonyl (C=O) groups excluding carboxylic acids is 2. The minimum absolute atomic E-state index is 0.122. The molecule has 0 fully saturated rings. The minimum atomic E-state index is -0.687. The van der Waals surface area contributed by atoms with Crippen LogP contribution in [-0.2, 0) is 11.3 Å². The van der Waals surface area contributed by atoms with Gasteiger partial charge in [0.1, 0.15) is 12.4 Å². The van der Waals surface area contributed by atoms with Crippen LogP contribution in [0.4, 0.5) is 10.6 Å². The number of aromatic nitrogens is 1. The Labute approximate surface area is 155 Å². The van der Waals surface area contributed by atoms with Gasteiger partial charge in [-0.15, -0.1) is 0 Å². The predicted molar refractivity (Wildman–Crippen MR) is 99.4 cm³/mol. The van der Waals surface area contributed by atoms with Crippen molar-refractivity contribution in [3.05, 3.63) is 94.6 Å². The molecule has 1 aromatic heterocycles. The summed E-state index contributed by atoms with van der Waals surface area (Å²) in [6.07, 6.45) is 0.800. The van der Waals surface area contributed by atoms with Gasteiger partial charge in [-0.2, -0.15) is 0 Å². The third kappa shape index (κ3) is 4.46. The first kappa shape index (κ1) is 17.6. The van der Waals surface area contributed by atoms with Crippen molar-refractivity contribution in [1.82, 2.24) is 4.98 Å². The highest BCUT2D eigenvalue weighted by atomic mass is 35.5. The van der Waals surface area contributed by atoms with Crippen LogP contribution in [0, 0.1) is 0 Å². The maximum absolute atomic E-state index is 12.7. The van der Waals surface area contributed by atoms with E-state index in [0.29, 0.717) is 10.6 Å². The fraction of sp³-hybridized carbons (Fsp3) is 0.0500. The molecule has 5 nitrogen and oxygen atoms in total. The van der Waals surface area contributed by atoms with E-state index < -0.39 is 6.09 Å². The number of nitrogens with one attached hydrogen (secondary N) is 1. The molecule has 0 aliphatic rings. The molecule has 0 spiro atoms. The number of hydrogen-bond acceptors (Lipinski definition) is 4. The third-order valence-electron chi connectivity index (χ3n) is 3.57. The molecule has 0 radical (unpaired) electrons. The van der Waals surface area contributed by atoms with Crippen LogP contribution in [0.5, 0.6) is 0 Å². The van der Waals surface area contributed by atoms with E-state index in [1.165, 1.54) is 6.20 Å². The molecule has 130 valence electrons. The molecule has 26 heavy (non-hydrogen) atoms. The summed E-state index contributed by atoms with van der Waals surface area (Å²) in [5, 5.41) is 2.98. The van der Waals surface area contributed by atoms with Gasteiger partial charge in [-0.3, -0.25) is 10.1 Å². The summed E-state index contributed by atoms with van der Waals surface area (Å²) in [7, 11) is 0. The third-order valence-corrected chi connectivity index (χ3v) is 3.81. The number of ketones is 1. The Morgan fingerprint density at radius 3 is 2.58 bits per heavy atom. The van der Waals surface area contributed by atoms with Crippen molar-refractivity contribution in [2.75, 3.05) is 5.32 Å². The Hall–Kier alpha value is -3.18. The van der Waals surface area contributed by atoms with Gasteiger partial charge in [0.05, 0.1) is 5.56 Å². The van der Waals surface area contributed by atoms with Crippen LogP contribution < -0.4 is 5.32 Å². The molecule has 0 aliphatic carbocycles. The quantitative estimate of drug-likeness (QED) is 0.664. The number of ether oxygens (including phenoxy) is 1. The highest BCUT2D eigenvalue weighted by Gasteiger charge is 2.17. The van der Waals surface area contributed by atoms with E-state index >= 15 is 0 Å². The van der Waals surface area contributed by atoms with Crippen LogP contribution in [0.25, 0.3) is 0 Å². The smallest absolute Gasteiger partial charge is 0.413 e. The Morgan fingerprint density at radius 1 is 1.00 bits per heavy atom. The lowest BCUT2D eigenvalue weighted by molar-refractivity contribution is 0.103. The maximum atomic E-state index is 12.7. The molecule has 0 saturated heterocycles. The number of nitrogens with zero attached hydrogens (tertiary/aromatic N) is 1. The van der Waals surface area contributed by atoms with Gasteiger partial charge >= 0.3 is 6.09 Å². The van der Waals surface area contributed by atoms with Crippen molar-refractivity contribution < 1.29 is 14.3 Å². The van der Waals surface area contributed by atoms with Gasteiger partial charge in [-0.05, 0) is 29.8 Å². The number of rotatable bonds is 5. The molecule has 0 aliphatic heterocycles. The zero-order valence-electron chi connectivity index (χ0n) is 13.7. The van der Waals surface area contributed by atoms with Gasteiger partial charge in [0.15, 0.2) is 5.78 Å². The second-order valence-electron chi connectivity index (χ2n) is 5.43. The molecule has 3 rings (SSSR count). The van der Waals surface area contributed by atoms with E-state index in [-0.39, 0.29) is 23.8 Å². The number of halogens is 1. The fourth-order valence-electron chi connectivity index (χ4n) is 2.33. The van der Waals surface area contributed by atoms with Gasteiger partial charge < -0.3 is 4.74 Å². The molecule has 6 heteroatoms. The monoisotopic (exact) mass is 366 g/mol.